The fourth-order valence-electron chi connectivity index (χ4n) is 4.47. The van der Waals surface area contributed by atoms with Crippen molar-refractivity contribution in [2.75, 3.05) is 11.4 Å². The number of aryl methyl sites for hydroxylation is 1. The van der Waals surface area contributed by atoms with Gasteiger partial charge in [0.1, 0.15) is 5.69 Å². The molecule has 0 unspecified atom stereocenters. The van der Waals surface area contributed by atoms with Gasteiger partial charge in [0.25, 0.3) is 0 Å². The van der Waals surface area contributed by atoms with Crippen LogP contribution in [0.2, 0.25) is 0 Å². The molecule has 3 heterocycles. The van der Waals surface area contributed by atoms with Crippen molar-refractivity contribution < 1.29 is 0 Å². The van der Waals surface area contributed by atoms with Crippen LogP contribution in [0.1, 0.15) is 11.1 Å². The number of para-hydroxylation sites is 2. The van der Waals surface area contributed by atoms with E-state index in [2.05, 4.69) is 78.6 Å². The molecule has 2 aromatic heterocycles. The summed E-state index contributed by atoms with van der Waals surface area (Å²) in [6.07, 6.45) is 3.01. The molecule has 3 aromatic carbocycles. The first-order valence-electron chi connectivity index (χ1n) is 10.7. The molecule has 1 aliphatic heterocycles. The number of fused-ring (bicyclic) bond motifs is 3. The van der Waals surface area contributed by atoms with E-state index in [4.69, 9.17) is 10.1 Å². The van der Waals surface area contributed by atoms with Crippen LogP contribution < -0.4 is 4.90 Å². The molecule has 5 aromatic rings. The minimum absolute atomic E-state index is 0.892. The summed E-state index contributed by atoms with van der Waals surface area (Å²) in [6, 6.07) is 29.5. The fraction of sp³-hybridized carbons (Fsp3) is 0.111. The van der Waals surface area contributed by atoms with Crippen molar-refractivity contribution in [2.24, 2.45) is 0 Å². The topological polar surface area (TPSA) is 34.0 Å². The number of nitrogens with zero attached hydrogens (tertiary/aromatic N) is 4. The van der Waals surface area contributed by atoms with Crippen LogP contribution >= 0.6 is 0 Å². The highest BCUT2D eigenvalue weighted by atomic mass is 15.3. The zero-order valence-corrected chi connectivity index (χ0v) is 17.4. The molecule has 4 nitrogen and oxygen atoms in total. The van der Waals surface area contributed by atoms with Gasteiger partial charge in [0.05, 0.1) is 16.8 Å². The molecule has 0 atom stereocenters. The Morgan fingerprint density at radius 2 is 1.45 bits per heavy atom. The van der Waals surface area contributed by atoms with E-state index in [1.54, 1.807) is 0 Å². The standard InChI is InChI=1S/C27H22N4/c1-19-12-14-20(15-13-19)25-24-26-21(16-17-30(26)22-8-4-2-5-9-22)18-28-27(24)31(29-25)23-10-6-3-7-11-23/h2-15,18H,16-17H2,1H3. The Kier molecular flexibility index (Phi) is 4.10. The van der Waals surface area contributed by atoms with Crippen molar-refractivity contribution in [3.63, 3.8) is 0 Å². The number of aromatic nitrogens is 3. The number of pyridine rings is 1. The van der Waals surface area contributed by atoms with Gasteiger partial charge in [-0.1, -0.05) is 66.2 Å². The lowest BCUT2D eigenvalue weighted by molar-refractivity contribution is 0.900. The molecule has 0 amide bonds. The van der Waals surface area contributed by atoms with Crippen LogP contribution in [0, 0.1) is 6.92 Å². The number of rotatable bonds is 3. The van der Waals surface area contributed by atoms with Crippen molar-refractivity contribution >= 4 is 22.4 Å². The Morgan fingerprint density at radius 3 is 2.16 bits per heavy atom. The third-order valence-corrected chi connectivity index (χ3v) is 6.01. The van der Waals surface area contributed by atoms with Gasteiger partial charge in [0, 0.05) is 24.0 Å². The summed E-state index contributed by atoms with van der Waals surface area (Å²) in [5, 5.41) is 6.21. The first-order valence-corrected chi connectivity index (χ1v) is 10.7. The largest absolute Gasteiger partial charge is 0.340 e. The molecule has 0 N–H and O–H groups in total. The predicted molar refractivity (Wildman–Crippen MR) is 126 cm³/mol. The lowest BCUT2D eigenvalue weighted by Gasteiger charge is -2.20. The Hall–Kier alpha value is -3.92. The predicted octanol–water partition coefficient (Wildman–Crippen LogP) is 6.09. The van der Waals surface area contributed by atoms with Crippen molar-refractivity contribution in [1.82, 2.24) is 14.8 Å². The van der Waals surface area contributed by atoms with Gasteiger partial charge in [-0.2, -0.15) is 5.10 Å². The van der Waals surface area contributed by atoms with E-state index in [9.17, 15) is 0 Å². The van der Waals surface area contributed by atoms with Gasteiger partial charge in [-0.15, -0.1) is 0 Å². The summed E-state index contributed by atoms with van der Waals surface area (Å²) in [6.45, 7) is 3.06. The van der Waals surface area contributed by atoms with Gasteiger partial charge in [-0.25, -0.2) is 9.67 Å². The smallest absolute Gasteiger partial charge is 0.165 e. The maximum Gasteiger partial charge on any atom is 0.165 e. The van der Waals surface area contributed by atoms with Gasteiger partial charge in [-0.05, 0) is 43.2 Å². The second-order valence-electron chi connectivity index (χ2n) is 8.03. The van der Waals surface area contributed by atoms with E-state index < -0.39 is 0 Å². The van der Waals surface area contributed by atoms with E-state index in [0.717, 1.165) is 40.9 Å². The van der Waals surface area contributed by atoms with Crippen LogP contribution in [0.3, 0.4) is 0 Å². The highest BCUT2D eigenvalue weighted by Gasteiger charge is 2.28. The van der Waals surface area contributed by atoms with Crippen LogP contribution in [0.15, 0.2) is 91.1 Å². The monoisotopic (exact) mass is 402 g/mol. The van der Waals surface area contributed by atoms with Gasteiger partial charge in [0.15, 0.2) is 5.65 Å². The molecule has 0 bridgehead atoms. The Balaban J connectivity index is 1.67. The minimum Gasteiger partial charge on any atom is -0.340 e. The molecule has 1 aliphatic rings. The van der Waals surface area contributed by atoms with Gasteiger partial charge < -0.3 is 4.90 Å². The zero-order valence-electron chi connectivity index (χ0n) is 17.4. The molecular weight excluding hydrogens is 380 g/mol. The normalized spacial score (nSPS) is 13.0. The van der Waals surface area contributed by atoms with Gasteiger partial charge in [-0.3, -0.25) is 0 Å². The summed E-state index contributed by atoms with van der Waals surface area (Å²) < 4.78 is 1.98. The van der Waals surface area contributed by atoms with Gasteiger partial charge in [0.2, 0.25) is 0 Å². The highest BCUT2D eigenvalue weighted by molar-refractivity contribution is 6.04. The van der Waals surface area contributed by atoms with Crippen LogP contribution in [0.5, 0.6) is 0 Å². The number of hydrogen-bond donors (Lipinski definition) is 0. The Labute approximate surface area is 181 Å². The second kappa shape index (κ2) is 7.10. The summed E-state index contributed by atoms with van der Waals surface area (Å²) in [4.78, 5) is 7.31. The summed E-state index contributed by atoms with van der Waals surface area (Å²) in [5.41, 5.74) is 8.95. The van der Waals surface area contributed by atoms with Crippen LogP contribution in [-0.2, 0) is 6.42 Å². The molecule has 4 heteroatoms. The summed E-state index contributed by atoms with van der Waals surface area (Å²) in [5.74, 6) is 0. The van der Waals surface area contributed by atoms with E-state index in [-0.39, 0.29) is 0 Å². The fourth-order valence-corrected chi connectivity index (χ4v) is 4.47. The molecule has 0 aliphatic carbocycles. The average Bonchev–Trinajstić information content (AvgIpc) is 3.42. The van der Waals surface area contributed by atoms with E-state index >= 15 is 0 Å². The molecule has 0 spiro atoms. The first-order chi connectivity index (χ1) is 15.3. The first kappa shape index (κ1) is 17.9. The maximum atomic E-state index is 5.09. The van der Waals surface area contributed by atoms with E-state index in [1.807, 2.05) is 29.1 Å². The molecule has 0 fully saturated rings. The Morgan fingerprint density at radius 1 is 0.774 bits per heavy atom. The third-order valence-electron chi connectivity index (χ3n) is 6.01. The molecule has 0 radical (unpaired) electrons. The number of hydrogen-bond acceptors (Lipinski definition) is 3. The van der Waals surface area contributed by atoms with E-state index in [1.165, 1.54) is 22.5 Å². The molecule has 6 rings (SSSR count). The summed E-state index contributed by atoms with van der Waals surface area (Å²) in [7, 11) is 0. The lowest BCUT2D eigenvalue weighted by atomic mass is 10.0. The molecular formula is C27H22N4. The zero-order chi connectivity index (χ0) is 20.8. The maximum absolute atomic E-state index is 5.09. The second-order valence-corrected chi connectivity index (χ2v) is 8.03. The SMILES string of the molecule is Cc1ccc(-c2nn(-c3ccccc3)c3ncc4c(c23)N(c2ccccc2)CC4)cc1. The molecule has 31 heavy (non-hydrogen) atoms. The minimum atomic E-state index is 0.892. The molecule has 0 saturated carbocycles. The van der Waals surface area contributed by atoms with Crippen molar-refractivity contribution in [3.05, 3.63) is 102 Å². The van der Waals surface area contributed by atoms with Crippen LogP contribution in [0.25, 0.3) is 28.0 Å². The quantitative estimate of drug-likeness (QED) is 0.366. The van der Waals surface area contributed by atoms with E-state index in [0.29, 0.717) is 0 Å². The van der Waals surface area contributed by atoms with Crippen molar-refractivity contribution in [2.45, 2.75) is 13.3 Å². The average molecular weight is 403 g/mol. The lowest BCUT2D eigenvalue weighted by Crippen LogP contribution is -2.13. The molecule has 150 valence electrons. The van der Waals surface area contributed by atoms with Crippen LogP contribution in [0.4, 0.5) is 11.4 Å². The highest BCUT2D eigenvalue weighted by Crippen LogP contribution is 2.43. The Bertz CT molecular complexity index is 1370. The third kappa shape index (κ3) is 2.91. The number of anilines is 2. The van der Waals surface area contributed by atoms with Crippen LogP contribution in [-0.4, -0.2) is 21.3 Å². The summed E-state index contributed by atoms with van der Waals surface area (Å²) >= 11 is 0. The van der Waals surface area contributed by atoms with Crippen molar-refractivity contribution in [3.8, 4) is 16.9 Å². The number of benzene rings is 3. The van der Waals surface area contributed by atoms with Gasteiger partial charge >= 0.3 is 0 Å². The molecule has 0 saturated heterocycles. The van der Waals surface area contributed by atoms with Crippen molar-refractivity contribution in [1.29, 1.82) is 0 Å².